The molecule has 0 N–H and O–H groups in total. The minimum Gasteiger partial charge on any atom is -0.276 e. The van der Waals surface area contributed by atoms with Crippen LogP contribution >= 0.6 is 11.6 Å². The molecule has 2 fully saturated rings. The summed E-state index contributed by atoms with van der Waals surface area (Å²) in [7, 11) is -4.29. The van der Waals surface area contributed by atoms with Gasteiger partial charge in [0.15, 0.2) is 0 Å². The van der Waals surface area contributed by atoms with Crippen LogP contribution in [0.2, 0.25) is 0 Å². The van der Waals surface area contributed by atoms with Gasteiger partial charge < -0.3 is 0 Å². The second-order valence-corrected chi connectivity index (χ2v) is 8.37. The van der Waals surface area contributed by atoms with Gasteiger partial charge in [0.05, 0.1) is 16.7 Å². The normalized spacial score (nSPS) is 31.0. The van der Waals surface area contributed by atoms with E-state index in [9.17, 15) is 22.8 Å². The lowest BCUT2D eigenvalue weighted by atomic mass is 9.85. The van der Waals surface area contributed by atoms with Gasteiger partial charge in [-0.05, 0) is 54.1 Å². The van der Waals surface area contributed by atoms with Gasteiger partial charge >= 0.3 is 0 Å². The number of carbonyl (C=O) groups excluding carboxylic acids is 3. The molecule has 2 bridgehead atoms. The molecule has 1 aromatic carbocycles. The fourth-order valence-electron chi connectivity index (χ4n) is 3.98. The SMILES string of the molecule is O=C(Cl)c1ccc(S(=O)(=O)N2C(=O)C3C4C=CC(C4)C3C2=O)cc1. The Bertz CT molecular complexity index is 875. The fourth-order valence-corrected chi connectivity index (χ4v) is 5.51. The van der Waals surface area contributed by atoms with Gasteiger partial charge in [-0.1, -0.05) is 12.2 Å². The van der Waals surface area contributed by atoms with Crippen molar-refractivity contribution in [1.29, 1.82) is 0 Å². The van der Waals surface area contributed by atoms with Crippen molar-refractivity contribution in [2.24, 2.45) is 23.7 Å². The molecule has 124 valence electrons. The predicted molar refractivity (Wildman–Crippen MR) is 83.4 cm³/mol. The number of hydrogen-bond donors (Lipinski definition) is 0. The van der Waals surface area contributed by atoms with Crippen LogP contribution in [-0.4, -0.2) is 29.8 Å². The largest absolute Gasteiger partial charge is 0.276 e. The standard InChI is InChI=1S/C16H12ClNO5S/c17-14(19)8-3-5-11(6-4-8)24(22,23)18-15(20)12-9-1-2-10(7-9)13(12)16(18)21/h1-6,9-10,12-13H,7H2. The Hall–Kier alpha value is -1.99. The van der Waals surface area contributed by atoms with Crippen LogP contribution in [0.15, 0.2) is 41.3 Å². The van der Waals surface area contributed by atoms with E-state index >= 15 is 0 Å². The Kier molecular flexibility index (Phi) is 3.24. The highest BCUT2D eigenvalue weighted by Crippen LogP contribution is 2.53. The van der Waals surface area contributed by atoms with Crippen molar-refractivity contribution in [3.05, 3.63) is 42.0 Å². The highest BCUT2D eigenvalue weighted by Gasteiger charge is 2.62. The van der Waals surface area contributed by atoms with E-state index in [-0.39, 0.29) is 22.3 Å². The molecule has 6 nitrogen and oxygen atoms in total. The summed E-state index contributed by atoms with van der Waals surface area (Å²) in [4.78, 5) is 36.1. The summed E-state index contributed by atoms with van der Waals surface area (Å²) in [6.45, 7) is 0. The molecule has 8 heteroatoms. The average molecular weight is 366 g/mol. The van der Waals surface area contributed by atoms with Crippen LogP contribution in [0, 0.1) is 23.7 Å². The third-order valence-corrected chi connectivity index (χ3v) is 6.98. The summed E-state index contributed by atoms with van der Waals surface area (Å²) in [5.74, 6) is -2.59. The molecule has 1 saturated carbocycles. The van der Waals surface area contributed by atoms with Crippen LogP contribution in [0.5, 0.6) is 0 Å². The third kappa shape index (κ3) is 1.94. The highest BCUT2D eigenvalue weighted by atomic mass is 35.5. The molecule has 24 heavy (non-hydrogen) atoms. The van der Waals surface area contributed by atoms with Crippen molar-refractivity contribution >= 4 is 38.7 Å². The number of sulfonamides is 1. The quantitative estimate of drug-likeness (QED) is 0.461. The summed E-state index contributed by atoms with van der Waals surface area (Å²) in [6, 6.07) is 4.84. The van der Waals surface area contributed by atoms with Gasteiger partial charge in [0.25, 0.3) is 15.3 Å². The first kappa shape index (κ1) is 15.5. The number of halogens is 1. The monoisotopic (exact) mass is 365 g/mol. The van der Waals surface area contributed by atoms with Gasteiger partial charge in [0.2, 0.25) is 11.8 Å². The Balaban J connectivity index is 1.72. The molecule has 1 aliphatic heterocycles. The van der Waals surface area contributed by atoms with Gasteiger partial charge in [-0.25, -0.2) is 8.42 Å². The maximum Gasteiger partial charge on any atom is 0.273 e. The molecule has 0 aromatic heterocycles. The van der Waals surface area contributed by atoms with E-state index in [1.807, 2.05) is 12.2 Å². The molecule has 0 spiro atoms. The van der Waals surface area contributed by atoms with Gasteiger partial charge in [0, 0.05) is 5.56 Å². The van der Waals surface area contributed by atoms with Gasteiger partial charge in [0.1, 0.15) is 0 Å². The summed E-state index contributed by atoms with van der Waals surface area (Å²) in [6.07, 6.45) is 4.52. The molecule has 4 unspecified atom stereocenters. The predicted octanol–water partition coefficient (Wildman–Crippen LogP) is 1.56. The molecule has 3 aliphatic rings. The number of rotatable bonds is 3. The maximum absolute atomic E-state index is 12.7. The zero-order chi connectivity index (χ0) is 17.2. The van der Waals surface area contributed by atoms with Gasteiger partial charge in [-0.15, -0.1) is 0 Å². The molecule has 1 heterocycles. The minimum atomic E-state index is -4.29. The number of benzene rings is 1. The molecular weight excluding hydrogens is 354 g/mol. The molecule has 4 atom stereocenters. The van der Waals surface area contributed by atoms with Crippen LogP contribution in [0.25, 0.3) is 0 Å². The highest BCUT2D eigenvalue weighted by molar-refractivity contribution is 7.90. The van der Waals surface area contributed by atoms with E-state index in [1.165, 1.54) is 24.3 Å². The number of fused-ring (bicyclic) bond motifs is 5. The second kappa shape index (κ2) is 5.00. The van der Waals surface area contributed by atoms with Crippen LogP contribution < -0.4 is 0 Å². The van der Waals surface area contributed by atoms with Gasteiger partial charge in [-0.2, -0.15) is 4.31 Å². The van der Waals surface area contributed by atoms with Crippen LogP contribution in [0.3, 0.4) is 0 Å². The average Bonchev–Trinajstić information content (AvgIpc) is 3.21. The smallest absolute Gasteiger partial charge is 0.273 e. The van der Waals surface area contributed by atoms with Crippen molar-refractivity contribution in [1.82, 2.24) is 4.31 Å². The van der Waals surface area contributed by atoms with E-state index in [2.05, 4.69) is 0 Å². The summed E-state index contributed by atoms with van der Waals surface area (Å²) in [5, 5.41) is -0.718. The first-order chi connectivity index (χ1) is 11.3. The number of imide groups is 1. The van der Waals surface area contributed by atoms with E-state index < -0.39 is 38.9 Å². The molecule has 2 amide bonds. The molecule has 1 saturated heterocycles. The Labute approximate surface area is 143 Å². The van der Waals surface area contributed by atoms with Crippen molar-refractivity contribution in [2.45, 2.75) is 11.3 Å². The van der Waals surface area contributed by atoms with E-state index in [0.717, 1.165) is 6.42 Å². The summed E-state index contributed by atoms with van der Waals surface area (Å²) >= 11 is 5.33. The lowest BCUT2D eigenvalue weighted by molar-refractivity contribution is -0.134. The number of nitrogens with zero attached hydrogens (tertiary/aromatic N) is 1. The van der Waals surface area contributed by atoms with Crippen LogP contribution in [0.4, 0.5) is 0 Å². The first-order valence-electron chi connectivity index (χ1n) is 7.43. The minimum absolute atomic E-state index is 0.0621. The van der Waals surface area contributed by atoms with E-state index in [0.29, 0.717) is 4.31 Å². The van der Waals surface area contributed by atoms with Crippen molar-refractivity contribution in [2.75, 3.05) is 0 Å². The topological polar surface area (TPSA) is 88.6 Å². The fraction of sp³-hybridized carbons (Fsp3) is 0.312. The second-order valence-electron chi connectivity index (χ2n) is 6.24. The van der Waals surface area contributed by atoms with E-state index in [4.69, 9.17) is 11.6 Å². The van der Waals surface area contributed by atoms with Crippen molar-refractivity contribution in [3.63, 3.8) is 0 Å². The maximum atomic E-state index is 12.7. The number of hydrogen-bond acceptors (Lipinski definition) is 5. The molecule has 4 rings (SSSR count). The number of allylic oxidation sites excluding steroid dienone is 2. The van der Waals surface area contributed by atoms with Crippen molar-refractivity contribution < 1.29 is 22.8 Å². The summed E-state index contributed by atoms with van der Waals surface area (Å²) in [5.41, 5.74) is 0.133. The van der Waals surface area contributed by atoms with E-state index in [1.54, 1.807) is 0 Å². The zero-order valence-corrected chi connectivity index (χ0v) is 13.8. The Morgan fingerprint density at radius 1 is 1.00 bits per heavy atom. The van der Waals surface area contributed by atoms with Crippen LogP contribution in [0.1, 0.15) is 16.8 Å². The third-order valence-electron chi connectivity index (χ3n) is 5.05. The van der Waals surface area contributed by atoms with Gasteiger partial charge in [-0.3, -0.25) is 14.4 Å². The molecule has 0 radical (unpaired) electrons. The zero-order valence-electron chi connectivity index (χ0n) is 12.3. The lowest BCUT2D eigenvalue weighted by Gasteiger charge is -2.17. The number of carbonyl (C=O) groups is 3. The van der Waals surface area contributed by atoms with Crippen LogP contribution in [-0.2, 0) is 19.6 Å². The lowest BCUT2D eigenvalue weighted by Crippen LogP contribution is -2.38. The molecular formula is C16H12ClNO5S. The first-order valence-corrected chi connectivity index (χ1v) is 9.25. The molecule has 2 aliphatic carbocycles. The Morgan fingerprint density at radius 3 is 1.96 bits per heavy atom. The molecule has 1 aromatic rings. The number of amides is 2. The summed E-state index contributed by atoms with van der Waals surface area (Å²) < 4.78 is 25.9. The Morgan fingerprint density at radius 2 is 1.50 bits per heavy atom. The van der Waals surface area contributed by atoms with Crippen molar-refractivity contribution in [3.8, 4) is 0 Å².